The molecule has 0 aliphatic carbocycles. The molecule has 5 aliphatic rings. The van der Waals surface area contributed by atoms with Crippen LogP contribution in [0.3, 0.4) is 0 Å². The minimum absolute atomic E-state index is 0.159. The highest BCUT2D eigenvalue weighted by molar-refractivity contribution is 8.54. The third-order valence-corrected chi connectivity index (χ3v) is 26.8. The van der Waals surface area contributed by atoms with E-state index in [-0.39, 0.29) is 5.57 Å². The average molecular weight is 928 g/mol. The zero-order valence-corrected chi connectivity index (χ0v) is 39.3. The van der Waals surface area contributed by atoms with Crippen molar-refractivity contribution < 1.29 is 0 Å². The molecule has 3 aromatic rings. The normalized spacial score (nSPS) is 18.3. The highest BCUT2D eigenvalue weighted by atomic mass is 32.3. The molecule has 276 valence electrons. The van der Waals surface area contributed by atoms with Crippen LogP contribution in [0.15, 0.2) is 90.9 Å². The quantitative estimate of drug-likeness (QED) is 0.128. The molecule has 0 aromatic heterocycles. The summed E-state index contributed by atoms with van der Waals surface area (Å²) >= 11 is 23.8. The fourth-order valence-electron chi connectivity index (χ4n) is 6.20. The van der Waals surface area contributed by atoms with Crippen LogP contribution < -0.4 is 10.4 Å². The standard InChI is InChI=1S/C40H34N2S12/c1-3-5-7-13-19-43-31-32(44-20-14-8-6-4-2)48-35(47-31)36-51-39-40(52-36)54-38(53-39)37-49-33-34(50-37)46-30(45-33)29-26-17-11-9-15-24(26)28(23(21-41)22-42)25-16-10-12-18-27(25)29/h9-12,15-18H,3-8,13-14,19-20H2,1-2H3. The Kier molecular flexibility index (Phi) is 14.5. The fraction of sp³-hybridized carbons (Fsp3) is 0.300. The van der Waals surface area contributed by atoms with Gasteiger partial charge in [-0.1, -0.05) is 219 Å². The number of thioether (sulfide) groups is 12. The fourth-order valence-corrected chi connectivity index (χ4v) is 25.6. The van der Waals surface area contributed by atoms with E-state index in [4.69, 9.17) is 0 Å². The topological polar surface area (TPSA) is 47.6 Å². The van der Waals surface area contributed by atoms with E-state index in [0.29, 0.717) is 0 Å². The second-order valence-electron chi connectivity index (χ2n) is 12.4. The first kappa shape index (κ1) is 40.6. The van der Waals surface area contributed by atoms with Crippen molar-refractivity contribution >= 4 is 172 Å². The lowest BCUT2D eigenvalue weighted by Crippen LogP contribution is -2.17. The van der Waals surface area contributed by atoms with Gasteiger partial charge in [-0.2, -0.15) is 10.5 Å². The van der Waals surface area contributed by atoms with E-state index in [9.17, 15) is 10.5 Å². The van der Waals surface area contributed by atoms with E-state index < -0.39 is 0 Å². The largest absolute Gasteiger partial charge is 0.192 e. The Morgan fingerprint density at radius 1 is 0.463 bits per heavy atom. The minimum Gasteiger partial charge on any atom is -0.192 e. The molecule has 0 fully saturated rings. The number of rotatable bonds is 12. The second-order valence-corrected chi connectivity index (χ2v) is 27.7. The number of unbranched alkanes of at least 4 members (excludes halogenated alkanes) is 6. The number of fused-ring (bicyclic) bond motifs is 2. The molecule has 5 aliphatic heterocycles. The summed E-state index contributed by atoms with van der Waals surface area (Å²) in [6.45, 7) is 4.59. The van der Waals surface area contributed by atoms with Gasteiger partial charge in [-0.05, 0) is 45.9 Å². The van der Waals surface area contributed by atoms with Gasteiger partial charge in [0.2, 0.25) is 0 Å². The van der Waals surface area contributed by atoms with Crippen LogP contribution in [0.2, 0.25) is 0 Å². The summed E-state index contributed by atoms with van der Waals surface area (Å²) in [5.74, 6) is 2.46. The highest BCUT2D eigenvalue weighted by Crippen LogP contribution is 2.75. The first-order valence-corrected chi connectivity index (χ1v) is 28.0. The Hall–Kier alpha value is -0.200. The van der Waals surface area contributed by atoms with Gasteiger partial charge in [0.25, 0.3) is 0 Å². The molecular weight excluding hydrogens is 893 g/mol. The van der Waals surface area contributed by atoms with Crippen molar-refractivity contribution in [2.75, 3.05) is 11.5 Å². The van der Waals surface area contributed by atoms with Crippen molar-refractivity contribution in [2.24, 2.45) is 0 Å². The summed E-state index contributed by atoms with van der Waals surface area (Å²) in [7, 11) is 0. The molecule has 8 rings (SSSR count). The highest BCUT2D eigenvalue weighted by Gasteiger charge is 2.39. The lowest BCUT2D eigenvalue weighted by atomic mass is 9.96. The first-order valence-electron chi connectivity index (χ1n) is 17.8. The van der Waals surface area contributed by atoms with E-state index in [0.717, 1.165) is 26.8 Å². The molecule has 0 radical (unpaired) electrons. The lowest BCUT2D eigenvalue weighted by Gasteiger charge is -2.11. The third-order valence-electron chi connectivity index (χ3n) is 8.76. The van der Waals surface area contributed by atoms with Gasteiger partial charge < -0.3 is 0 Å². The van der Waals surface area contributed by atoms with Gasteiger partial charge in [0.05, 0.1) is 46.6 Å². The Balaban J connectivity index is 0.961. The molecule has 0 unspecified atom stereocenters. The van der Waals surface area contributed by atoms with Gasteiger partial charge in [0.1, 0.15) is 17.7 Å². The van der Waals surface area contributed by atoms with E-state index in [1.165, 1.54) is 106 Å². The van der Waals surface area contributed by atoms with E-state index >= 15 is 0 Å². The molecule has 0 amide bonds. The van der Waals surface area contributed by atoms with Crippen LogP contribution in [0.4, 0.5) is 0 Å². The summed E-state index contributed by atoms with van der Waals surface area (Å²) in [6.07, 6.45) is 10.6. The maximum absolute atomic E-state index is 9.87. The number of hydrogen-bond acceptors (Lipinski definition) is 14. The predicted octanol–water partition coefficient (Wildman–Crippen LogP) is 15.9. The molecule has 5 heterocycles. The molecule has 0 saturated carbocycles. The van der Waals surface area contributed by atoms with Crippen LogP contribution in [0, 0.1) is 22.7 Å². The van der Waals surface area contributed by atoms with Crippen LogP contribution in [0.25, 0.3) is 31.4 Å². The summed E-state index contributed by atoms with van der Waals surface area (Å²) in [5.41, 5.74) is 0.159. The van der Waals surface area contributed by atoms with Crippen molar-refractivity contribution in [3.05, 3.63) is 101 Å². The zero-order chi connectivity index (χ0) is 37.0. The van der Waals surface area contributed by atoms with Crippen molar-refractivity contribution in [2.45, 2.75) is 65.2 Å². The number of benzene rings is 3. The van der Waals surface area contributed by atoms with Gasteiger partial charge in [-0.15, -0.1) is 23.5 Å². The Labute approximate surface area is 369 Å². The number of hydrogen-bond donors (Lipinski definition) is 0. The van der Waals surface area contributed by atoms with Gasteiger partial charge in [-0.25, -0.2) is 0 Å². The summed E-state index contributed by atoms with van der Waals surface area (Å²) in [5, 5.41) is 25.8. The van der Waals surface area contributed by atoms with Gasteiger partial charge in [0, 0.05) is 10.4 Å². The minimum atomic E-state index is 0.159. The Bertz CT molecular complexity index is 2260. The second kappa shape index (κ2) is 19.2. The Morgan fingerprint density at radius 3 is 1.19 bits per heavy atom. The van der Waals surface area contributed by atoms with Crippen molar-refractivity contribution in [1.29, 1.82) is 10.5 Å². The molecule has 3 aromatic carbocycles. The molecule has 0 spiro atoms. The smallest absolute Gasteiger partial charge is 0.138 e. The van der Waals surface area contributed by atoms with Crippen molar-refractivity contribution in [3.63, 3.8) is 0 Å². The maximum Gasteiger partial charge on any atom is 0.138 e. The Morgan fingerprint density at radius 2 is 0.815 bits per heavy atom. The number of nitrogens with zero attached hydrogens (tertiary/aromatic N) is 2. The average Bonchev–Trinajstić information content (AvgIpc) is 4.02. The predicted molar refractivity (Wildman–Crippen MR) is 263 cm³/mol. The number of nitriles is 2. The van der Waals surface area contributed by atoms with Crippen LogP contribution >= 0.6 is 141 Å². The zero-order valence-electron chi connectivity index (χ0n) is 29.5. The van der Waals surface area contributed by atoms with Crippen molar-refractivity contribution in [1.82, 2.24) is 0 Å². The van der Waals surface area contributed by atoms with Crippen LogP contribution in [-0.2, 0) is 0 Å². The molecule has 0 atom stereocenters. The van der Waals surface area contributed by atoms with E-state index in [2.05, 4.69) is 73.8 Å². The summed E-state index contributed by atoms with van der Waals surface area (Å²) in [6, 6.07) is 20.8. The molecule has 0 N–H and O–H groups in total. The molecule has 54 heavy (non-hydrogen) atoms. The first-order chi connectivity index (χ1) is 26.6. The summed E-state index contributed by atoms with van der Waals surface area (Å²) in [4.78, 5) is 0. The maximum atomic E-state index is 9.87. The van der Waals surface area contributed by atoms with Gasteiger partial charge in [-0.3, -0.25) is 0 Å². The van der Waals surface area contributed by atoms with Gasteiger partial charge in [0.15, 0.2) is 0 Å². The van der Waals surface area contributed by atoms with Crippen LogP contribution in [0.1, 0.15) is 65.2 Å². The summed E-state index contributed by atoms with van der Waals surface area (Å²) < 4.78 is 15.8. The monoisotopic (exact) mass is 926 g/mol. The molecule has 2 nitrogen and oxygen atoms in total. The van der Waals surface area contributed by atoms with E-state index in [1.807, 2.05) is 142 Å². The third kappa shape index (κ3) is 8.72. The van der Waals surface area contributed by atoms with Crippen LogP contribution in [-0.4, -0.2) is 11.5 Å². The van der Waals surface area contributed by atoms with Crippen LogP contribution in [0.5, 0.6) is 0 Å². The molecule has 14 heteroatoms. The lowest BCUT2D eigenvalue weighted by molar-refractivity contribution is 0.707. The van der Waals surface area contributed by atoms with E-state index in [1.54, 1.807) is 8.47 Å². The van der Waals surface area contributed by atoms with Gasteiger partial charge >= 0.3 is 0 Å². The molecule has 0 bridgehead atoms. The molecule has 0 saturated heterocycles. The van der Waals surface area contributed by atoms with Crippen molar-refractivity contribution in [3.8, 4) is 12.1 Å². The SMILES string of the molecule is CCCCCCSC1=C(SCCCCCC)SC(=C2SC3=C(S2)SC(=C2SC4=C(S2)SC(=c2c5ccccc5c(=C(C#N)C#N)c5ccccc25)S4)S3)S1. The molecular formula is C40H34N2S12.